The number of rotatable bonds is 6. The van der Waals surface area contributed by atoms with Crippen LogP contribution in [-0.2, 0) is 54.9 Å². The number of aliphatic imine (C=N–C) groups is 2. The second-order valence-electron chi connectivity index (χ2n) is 8.76. The van der Waals surface area contributed by atoms with Crippen molar-refractivity contribution in [1.82, 2.24) is 0 Å². The van der Waals surface area contributed by atoms with E-state index in [-0.39, 0.29) is 16.8 Å². The van der Waals surface area contributed by atoms with Gasteiger partial charge in [0.1, 0.15) is 0 Å². The molecule has 2 aromatic heterocycles. The Hall–Kier alpha value is -0.314. The van der Waals surface area contributed by atoms with E-state index in [1.807, 2.05) is 12.4 Å². The number of aryl methyl sites for hydroxylation is 2. The van der Waals surface area contributed by atoms with Gasteiger partial charge in [0.2, 0.25) is 0 Å². The van der Waals surface area contributed by atoms with Crippen LogP contribution in [0, 0.1) is 0 Å². The molecule has 7 heteroatoms. The van der Waals surface area contributed by atoms with Gasteiger partial charge in [-0.3, -0.25) is 9.98 Å². The number of hydrogen-bond acceptors (Lipinski definition) is 6. The fraction of sp³-hybridized carbons (Fsp3) is 0.615. The molecule has 0 atom stereocenters. The van der Waals surface area contributed by atoms with Crippen LogP contribution in [-0.4, -0.2) is 24.5 Å². The molecule has 2 heterocycles. The second-order valence-corrected chi connectivity index (χ2v) is 12.4. The summed E-state index contributed by atoms with van der Waals surface area (Å²) < 4.78 is 1.99. The first kappa shape index (κ1) is 28.9. The third kappa shape index (κ3) is 9.69. The Morgan fingerprint density at radius 3 is 1.39 bits per heavy atom. The molecule has 2 nitrogen and oxygen atoms in total. The summed E-state index contributed by atoms with van der Waals surface area (Å²) in [7, 11) is 0. The van der Waals surface area contributed by atoms with E-state index in [1.165, 1.54) is 74.0 Å². The monoisotopic (exact) mass is 563 g/mol. The van der Waals surface area contributed by atoms with E-state index >= 15 is 0 Å². The van der Waals surface area contributed by atoms with Crippen LogP contribution in [0.15, 0.2) is 30.5 Å². The van der Waals surface area contributed by atoms with Gasteiger partial charge < -0.3 is 47.9 Å². The summed E-state index contributed by atoms with van der Waals surface area (Å²) in [5.74, 6) is 0. The van der Waals surface area contributed by atoms with Gasteiger partial charge in [0.25, 0.3) is 0 Å². The Bertz CT molecular complexity index is 803. The van der Waals surface area contributed by atoms with Crippen LogP contribution in [0.4, 0.5) is 0 Å². The molecular weight excluding hydrogens is 528 g/mol. The predicted molar refractivity (Wildman–Crippen MR) is 148 cm³/mol. The molecule has 33 heavy (non-hydrogen) atoms. The van der Waals surface area contributed by atoms with Crippen molar-refractivity contribution in [2.45, 2.75) is 111 Å². The van der Waals surface area contributed by atoms with Crippen LogP contribution in [0.3, 0.4) is 0 Å². The average Bonchev–Trinajstić information content (AvgIpc) is 3.39. The maximum atomic E-state index is 5.33. The van der Waals surface area contributed by atoms with Crippen molar-refractivity contribution in [3.05, 3.63) is 33.0 Å². The molecule has 0 saturated heterocycles. The minimum absolute atomic E-state index is 0. The number of nitrogens with zero attached hydrogens (tertiary/aromatic N) is 2. The van der Waals surface area contributed by atoms with Gasteiger partial charge in [0.05, 0.1) is 0 Å². The largest absolute Gasteiger partial charge is 2.00 e. The van der Waals surface area contributed by atoms with E-state index in [1.54, 1.807) is 22.7 Å². The van der Waals surface area contributed by atoms with Crippen molar-refractivity contribution in [3.63, 3.8) is 0 Å². The molecule has 0 amide bonds. The fourth-order valence-corrected chi connectivity index (χ4v) is 6.70. The molecule has 183 valence electrons. The maximum absolute atomic E-state index is 5.33. The van der Waals surface area contributed by atoms with Gasteiger partial charge in [0.15, 0.2) is 0 Å². The van der Waals surface area contributed by atoms with Gasteiger partial charge >= 0.3 is 16.8 Å². The zero-order valence-electron chi connectivity index (χ0n) is 19.8. The van der Waals surface area contributed by atoms with E-state index in [0.717, 1.165) is 32.4 Å². The first-order valence-corrected chi connectivity index (χ1v) is 14.7. The zero-order valence-corrected chi connectivity index (χ0v) is 24.1. The number of thiophene rings is 2. The molecule has 0 aromatic carbocycles. The quantitative estimate of drug-likeness (QED) is 0.263. The Morgan fingerprint density at radius 2 is 1.09 bits per heavy atom. The Kier molecular flexibility index (Phi) is 13.7. The van der Waals surface area contributed by atoms with E-state index in [9.17, 15) is 0 Å². The van der Waals surface area contributed by atoms with Gasteiger partial charge in [-0.15, -0.1) is 8.42 Å². The topological polar surface area (TPSA) is 24.7 Å². The summed E-state index contributed by atoms with van der Waals surface area (Å²) in [6, 6.07) is 5.49. The molecule has 2 aliphatic rings. The molecule has 0 unspecified atom stereocenters. The average molecular weight is 564 g/mol. The minimum atomic E-state index is 0. The molecule has 0 bridgehead atoms. The molecule has 2 fully saturated rings. The molecule has 0 aliphatic heterocycles. The molecule has 0 N–H and O–H groups in total. The predicted octanol–water partition coefficient (Wildman–Crippen LogP) is 7.93. The zero-order chi connectivity index (χ0) is 22.8. The Morgan fingerprint density at radius 1 is 0.727 bits per heavy atom. The summed E-state index contributed by atoms with van der Waals surface area (Å²) in [6.45, 7) is 4.34. The summed E-state index contributed by atoms with van der Waals surface area (Å²) >= 11 is 14.1. The van der Waals surface area contributed by atoms with E-state index in [0.29, 0.717) is 12.1 Å². The van der Waals surface area contributed by atoms with Crippen LogP contribution < -0.4 is 0 Å². The first-order chi connectivity index (χ1) is 15.6. The van der Waals surface area contributed by atoms with Gasteiger partial charge in [-0.2, -0.15) is 0 Å². The molecule has 1 radical (unpaired) electrons. The van der Waals surface area contributed by atoms with Gasteiger partial charge in [-0.1, -0.05) is 74.3 Å². The maximum Gasteiger partial charge on any atom is 2.00 e. The standard InChI is InChI=1S/2C13H19NS2.Co/c2*1-2-12-8-10(13(15)16-12)9-14-11-6-4-3-5-7-11;/h2*8-9,11,15H,2-7H2,1H3;/q;;+2/p-2. The molecular formula is C26H36CoN2S4. The first-order valence-electron chi connectivity index (χ1n) is 12.2. The smallest absolute Gasteiger partial charge is 0.427 e. The van der Waals surface area contributed by atoms with Crippen molar-refractivity contribution in [3.8, 4) is 0 Å². The summed E-state index contributed by atoms with van der Waals surface area (Å²) in [5, 5.41) is 0. The van der Waals surface area contributed by atoms with Crippen molar-refractivity contribution >= 4 is 60.4 Å². The van der Waals surface area contributed by atoms with Crippen molar-refractivity contribution in [2.24, 2.45) is 9.98 Å². The third-order valence-corrected chi connectivity index (χ3v) is 9.40. The van der Waals surface area contributed by atoms with E-state index < -0.39 is 0 Å². The Labute approximate surface area is 230 Å². The summed E-state index contributed by atoms with van der Waals surface area (Å²) in [4.78, 5) is 12.1. The van der Waals surface area contributed by atoms with E-state index in [2.05, 4.69) is 36.0 Å². The Balaban J connectivity index is 0.000000227. The third-order valence-electron chi connectivity index (χ3n) is 6.25. The molecule has 2 aliphatic carbocycles. The van der Waals surface area contributed by atoms with Crippen molar-refractivity contribution in [2.75, 3.05) is 0 Å². The molecule has 0 spiro atoms. The van der Waals surface area contributed by atoms with Crippen LogP contribution in [0.1, 0.15) is 98.9 Å². The number of hydrogen-bond donors (Lipinski definition) is 0. The van der Waals surface area contributed by atoms with Gasteiger partial charge in [-0.25, -0.2) is 0 Å². The fourth-order valence-electron chi connectivity index (χ4n) is 4.24. The van der Waals surface area contributed by atoms with Crippen LogP contribution in [0.25, 0.3) is 0 Å². The second kappa shape index (κ2) is 15.6. The normalized spacial score (nSPS) is 17.8. The summed E-state index contributed by atoms with van der Waals surface area (Å²) in [6.07, 6.45) is 19.3. The minimum Gasteiger partial charge on any atom is -0.427 e. The van der Waals surface area contributed by atoms with E-state index in [4.69, 9.17) is 25.3 Å². The van der Waals surface area contributed by atoms with Gasteiger partial charge in [0, 0.05) is 24.5 Å². The van der Waals surface area contributed by atoms with Crippen LogP contribution in [0.2, 0.25) is 0 Å². The van der Waals surface area contributed by atoms with Crippen LogP contribution in [0.5, 0.6) is 0 Å². The SMILES string of the molecule is CCc1cc(C=NC2CCCCC2)c([S-])s1.CCc1cc(C=NC2CCCCC2)c([S-])s1.[Co+2]. The van der Waals surface area contributed by atoms with Gasteiger partial charge in [-0.05, 0) is 49.7 Å². The molecule has 2 saturated carbocycles. The van der Waals surface area contributed by atoms with Crippen molar-refractivity contribution < 1.29 is 16.8 Å². The van der Waals surface area contributed by atoms with Crippen LogP contribution >= 0.6 is 22.7 Å². The van der Waals surface area contributed by atoms with Crippen molar-refractivity contribution in [1.29, 1.82) is 0 Å². The molecule has 4 rings (SSSR count). The molecule has 2 aromatic rings. The summed E-state index contributed by atoms with van der Waals surface area (Å²) in [5.41, 5.74) is 2.31.